The van der Waals surface area contributed by atoms with Gasteiger partial charge in [-0.15, -0.1) is 0 Å². The Morgan fingerprint density at radius 3 is 2.32 bits per heavy atom. The zero-order valence-electron chi connectivity index (χ0n) is 20.6. The van der Waals surface area contributed by atoms with E-state index < -0.39 is 0 Å². The Hall–Kier alpha value is -4.22. The van der Waals surface area contributed by atoms with Crippen LogP contribution in [-0.2, 0) is 0 Å². The van der Waals surface area contributed by atoms with Crippen molar-refractivity contribution in [3.05, 3.63) is 119 Å². The highest BCUT2D eigenvalue weighted by Gasteiger charge is 2.32. The molecule has 37 heavy (non-hydrogen) atoms. The molecule has 0 amide bonds. The molecule has 4 aromatic carbocycles. The lowest BCUT2D eigenvalue weighted by Gasteiger charge is -2.23. The number of rotatable bonds is 5. The number of hydrazone groups is 1. The largest absolute Gasteiger partial charge is 0.497 e. The number of aromatic nitrogens is 2. The van der Waals surface area contributed by atoms with Gasteiger partial charge in [0.05, 0.1) is 30.1 Å². The fourth-order valence-electron chi connectivity index (χ4n) is 4.71. The van der Waals surface area contributed by atoms with E-state index in [1.807, 2.05) is 53.5 Å². The van der Waals surface area contributed by atoms with E-state index in [0.717, 1.165) is 51.2 Å². The molecule has 6 rings (SSSR count). The normalized spacial score (nSPS) is 15.2. The summed E-state index contributed by atoms with van der Waals surface area (Å²) >= 11 is 6.37. The van der Waals surface area contributed by atoms with E-state index in [4.69, 9.17) is 31.4 Å². The van der Waals surface area contributed by atoms with Crippen molar-refractivity contribution in [2.45, 2.75) is 19.4 Å². The second-order valence-electron chi connectivity index (χ2n) is 9.15. The third-order valence-electron chi connectivity index (χ3n) is 6.69. The van der Waals surface area contributed by atoms with Gasteiger partial charge in [-0.1, -0.05) is 83.9 Å². The van der Waals surface area contributed by atoms with Crippen LogP contribution in [0.2, 0.25) is 5.02 Å². The molecule has 5 aromatic rings. The lowest BCUT2D eigenvalue weighted by Crippen LogP contribution is -2.21. The van der Waals surface area contributed by atoms with Crippen molar-refractivity contribution >= 4 is 34.2 Å². The molecule has 0 N–H and O–H groups in total. The maximum atomic E-state index is 6.37. The molecule has 0 saturated carbocycles. The minimum Gasteiger partial charge on any atom is -0.497 e. The van der Waals surface area contributed by atoms with Gasteiger partial charge in [0.1, 0.15) is 5.75 Å². The van der Waals surface area contributed by atoms with E-state index >= 15 is 0 Å². The number of hydrogen-bond donors (Lipinski definition) is 0. The molecule has 0 aliphatic carbocycles. The lowest BCUT2D eigenvalue weighted by atomic mass is 9.98. The summed E-state index contributed by atoms with van der Waals surface area (Å²) in [5.74, 6) is 1.37. The second-order valence-corrected chi connectivity index (χ2v) is 9.59. The Labute approximate surface area is 221 Å². The van der Waals surface area contributed by atoms with Gasteiger partial charge < -0.3 is 4.74 Å². The SMILES string of the molecule is COc1ccc([C@H]2CC(c3ccc(C)cc3)=NN2c2nc(-c3ccccc3)c3cc(Cl)ccc3n2)cc1. The standard InChI is InChI=1S/C31H25ClN4O/c1-20-8-10-21(11-9-20)28-19-29(22-12-15-25(37-2)16-13-22)36(35-28)31-33-27-17-14-24(32)18-26(27)30(34-31)23-6-4-3-5-7-23/h3-18,29H,19H2,1-2H3/t29-/m1/s1. The van der Waals surface area contributed by atoms with Gasteiger partial charge >= 0.3 is 0 Å². The summed E-state index contributed by atoms with van der Waals surface area (Å²) in [6.07, 6.45) is 0.734. The summed E-state index contributed by atoms with van der Waals surface area (Å²) in [6, 6.07) is 32.4. The lowest BCUT2D eigenvalue weighted by molar-refractivity contribution is 0.414. The van der Waals surface area contributed by atoms with E-state index in [-0.39, 0.29) is 6.04 Å². The van der Waals surface area contributed by atoms with Gasteiger partial charge in [-0.2, -0.15) is 5.10 Å². The highest BCUT2D eigenvalue weighted by molar-refractivity contribution is 6.31. The molecule has 0 radical (unpaired) electrons. The van der Waals surface area contributed by atoms with Crippen LogP contribution in [0.15, 0.2) is 102 Å². The second kappa shape index (κ2) is 9.68. The van der Waals surface area contributed by atoms with Crippen LogP contribution >= 0.6 is 11.6 Å². The maximum absolute atomic E-state index is 6.37. The molecule has 1 aliphatic rings. The molecular formula is C31H25ClN4O. The van der Waals surface area contributed by atoms with Crippen LogP contribution in [0.3, 0.4) is 0 Å². The van der Waals surface area contributed by atoms with Gasteiger partial charge in [0.25, 0.3) is 0 Å². The number of benzene rings is 4. The van der Waals surface area contributed by atoms with Gasteiger partial charge in [-0.25, -0.2) is 15.0 Å². The Kier molecular flexibility index (Phi) is 6.07. The Morgan fingerprint density at radius 1 is 0.838 bits per heavy atom. The van der Waals surface area contributed by atoms with Crippen LogP contribution in [0.1, 0.15) is 29.2 Å². The summed E-state index contributed by atoms with van der Waals surface area (Å²) in [5.41, 5.74) is 7.09. The van der Waals surface area contributed by atoms with Crippen molar-refractivity contribution < 1.29 is 4.74 Å². The van der Waals surface area contributed by atoms with Crippen molar-refractivity contribution in [1.82, 2.24) is 9.97 Å². The Balaban J connectivity index is 1.52. The number of aryl methyl sites for hydroxylation is 1. The number of ether oxygens (including phenoxy) is 1. The van der Waals surface area contributed by atoms with Crippen LogP contribution in [-0.4, -0.2) is 22.8 Å². The fourth-order valence-corrected chi connectivity index (χ4v) is 4.88. The zero-order chi connectivity index (χ0) is 25.4. The van der Waals surface area contributed by atoms with Gasteiger partial charge in [0, 0.05) is 22.4 Å². The van der Waals surface area contributed by atoms with Crippen molar-refractivity contribution in [2.75, 3.05) is 12.1 Å². The van der Waals surface area contributed by atoms with Gasteiger partial charge in [0.2, 0.25) is 5.95 Å². The minimum atomic E-state index is -0.0596. The van der Waals surface area contributed by atoms with Gasteiger partial charge in [-0.3, -0.25) is 0 Å². The van der Waals surface area contributed by atoms with Crippen molar-refractivity contribution in [1.29, 1.82) is 0 Å². The molecule has 1 atom stereocenters. The molecule has 0 saturated heterocycles. The molecule has 1 aliphatic heterocycles. The van der Waals surface area contributed by atoms with Gasteiger partial charge in [0.15, 0.2) is 0 Å². The van der Waals surface area contributed by atoms with Gasteiger partial charge in [-0.05, 0) is 48.4 Å². The Bertz CT molecular complexity index is 1600. The van der Waals surface area contributed by atoms with Crippen LogP contribution in [0.4, 0.5) is 5.95 Å². The molecule has 5 nitrogen and oxygen atoms in total. The van der Waals surface area contributed by atoms with Crippen molar-refractivity contribution in [2.24, 2.45) is 5.10 Å². The minimum absolute atomic E-state index is 0.0596. The quantitative estimate of drug-likeness (QED) is 0.247. The summed E-state index contributed by atoms with van der Waals surface area (Å²) < 4.78 is 5.39. The van der Waals surface area contributed by atoms with Crippen molar-refractivity contribution in [3.8, 4) is 17.0 Å². The highest BCUT2D eigenvalue weighted by atomic mass is 35.5. The molecule has 2 heterocycles. The third-order valence-corrected chi connectivity index (χ3v) is 6.93. The van der Waals surface area contributed by atoms with E-state index in [1.54, 1.807) is 7.11 Å². The van der Waals surface area contributed by atoms with Crippen LogP contribution in [0.25, 0.3) is 22.2 Å². The average molecular weight is 505 g/mol. The van der Waals surface area contributed by atoms with E-state index in [9.17, 15) is 0 Å². The zero-order valence-corrected chi connectivity index (χ0v) is 21.4. The van der Waals surface area contributed by atoms with E-state index in [2.05, 4.69) is 55.5 Å². The smallest absolute Gasteiger partial charge is 0.247 e. The number of halogens is 1. The van der Waals surface area contributed by atoms with E-state index in [0.29, 0.717) is 11.0 Å². The molecule has 0 unspecified atom stereocenters. The first-order valence-corrected chi connectivity index (χ1v) is 12.6. The Morgan fingerprint density at radius 2 is 1.59 bits per heavy atom. The molecule has 0 fully saturated rings. The van der Waals surface area contributed by atoms with E-state index in [1.165, 1.54) is 5.56 Å². The summed E-state index contributed by atoms with van der Waals surface area (Å²) in [7, 11) is 1.68. The van der Waals surface area contributed by atoms with Crippen LogP contribution in [0.5, 0.6) is 5.75 Å². The summed E-state index contributed by atoms with van der Waals surface area (Å²) in [5, 5.41) is 8.60. The molecule has 182 valence electrons. The molecule has 6 heteroatoms. The first-order valence-electron chi connectivity index (χ1n) is 12.2. The molecular weight excluding hydrogens is 480 g/mol. The number of methoxy groups -OCH3 is 1. The molecule has 0 spiro atoms. The average Bonchev–Trinajstić information content (AvgIpc) is 3.39. The van der Waals surface area contributed by atoms with Crippen LogP contribution < -0.4 is 9.75 Å². The monoisotopic (exact) mass is 504 g/mol. The molecule has 0 bridgehead atoms. The van der Waals surface area contributed by atoms with Crippen molar-refractivity contribution in [3.63, 3.8) is 0 Å². The summed E-state index contributed by atoms with van der Waals surface area (Å²) in [6.45, 7) is 2.09. The fraction of sp³-hybridized carbons (Fsp3) is 0.129. The number of fused-ring (bicyclic) bond motifs is 1. The number of anilines is 1. The van der Waals surface area contributed by atoms with Crippen LogP contribution in [0, 0.1) is 6.92 Å². The topological polar surface area (TPSA) is 50.6 Å². The highest BCUT2D eigenvalue weighted by Crippen LogP contribution is 2.38. The first-order chi connectivity index (χ1) is 18.1. The predicted molar refractivity (Wildman–Crippen MR) is 151 cm³/mol. The summed E-state index contributed by atoms with van der Waals surface area (Å²) in [4.78, 5) is 10.0. The first kappa shape index (κ1) is 23.2. The predicted octanol–water partition coefficient (Wildman–Crippen LogP) is 7.62. The third kappa shape index (κ3) is 4.54. The maximum Gasteiger partial charge on any atom is 0.247 e. The number of nitrogens with zero attached hydrogens (tertiary/aromatic N) is 4. The molecule has 1 aromatic heterocycles. The number of hydrogen-bond acceptors (Lipinski definition) is 5.